The second kappa shape index (κ2) is 7.67. The van der Waals surface area contributed by atoms with Gasteiger partial charge in [-0.3, -0.25) is 4.79 Å². The van der Waals surface area contributed by atoms with Gasteiger partial charge in [0.1, 0.15) is 0 Å². The summed E-state index contributed by atoms with van der Waals surface area (Å²) in [5.41, 5.74) is 5.77. The largest absolute Gasteiger partial charge is 0.342 e. The van der Waals surface area contributed by atoms with Crippen LogP contribution in [-0.4, -0.2) is 43.0 Å². The number of nitrogens with one attached hydrogen (secondary N) is 1. The highest BCUT2D eigenvalue weighted by molar-refractivity contribution is 5.81. The van der Waals surface area contributed by atoms with Gasteiger partial charge in [-0.15, -0.1) is 0 Å². The van der Waals surface area contributed by atoms with Crippen LogP contribution in [0.2, 0.25) is 0 Å². The highest BCUT2D eigenvalue weighted by Gasteiger charge is 2.24. The Balaban J connectivity index is 4.44. The summed E-state index contributed by atoms with van der Waals surface area (Å²) in [7, 11) is 3.70. The molecule has 17 heavy (non-hydrogen) atoms. The van der Waals surface area contributed by atoms with Crippen molar-refractivity contribution in [2.75, 3.05) is 14.1 Å². The summed E-state index contributed by atoms with van der Waals surface area (Å²) >= 11 is 0. The molecule has 3 atom stereocenters. The lowest BCUT2D eigenvalue weighted by Gasteiger charge is -2.30. The smallest absolute Gasteiger partial charge is 0.239 e. The van der Waals surface area contributed by atoms with Crippen molar-refractivity contribution in [2.45, 2.75) is 58.7 Å². The number of nitrogens with zero attached hydrogens (tertiary/aromatic N) is 1. The fourth-order valence-electron chi connectivity index (χ4n) is 1.97. The van der Waals surface area contributed by atoms with Gasteiger partial charge in [-0.2, -0.15) is 0 Å². The highest BCUT2D eigenvalue weighted by atomic mass is 16.2. The van der Waals surface area contributed by atoms with E-state index in [2.05, 4.69) is 19.2 Å². The van der Waals surface area contributed by atoms with Gasteiger partial charge < -0.3 is 16.0 Å². The van der Waals surface area contributed by atoms with Crippen molar-refractivity contribution in [2.24, 2.45) is 11.7 Å². The minimum atomic E-state index is -0.0875. The number of hydrogen-bond donors (Lipinski definition) is 2. The molecule has 1 unspecified atom stereocenters. The summed E-state index contributed by atoms with van der Waals surface area (Å²) in [6, 6.07) is 0.222. The van der Waals surface area contributed by atoms with Crippen molar-refractivity contribution < 1.29 is 4.79 Å². The molecule has 0 heterocycles. The number of likely N-dealkylation sites (N-methyl/N-ethyl adjacent to an activating group) is 2. The fraction of sp³-hybridized carbons (Fsp3) is 0.923. The van der Waals surface area contributed by atoms with E-state index in [0.29, 0.717) is 5.92 Å². The molecule has 1 amide bonds. The average molecular weight is 243 g/mol. The van der Waals surface area contributed by atoms with Crippen LogP contribution in [0.15, 0.2) is 0 Å². The van der Waals surface area contributed by atoms with Crippen LogP contribution in [0, 0.1) is 5.92 Å². The highest BCUT2D eigenvalue weighted by Crippen LogP contribution is 2.10. The van der Waals surface area contributed by atoms with E-state index < -0.39 is 0 Å². The van der Waals surface area contributed by atoms with Crippen LogP contribution in [0.1, 0.15) is 40.5 Å². The van der Waals surface area contributed by atoms with Gasteiger partial charge in [0.15, 0.2) is 0 Å². The van der Waals surface area contributed by atoms with E-state index in [1.54, 1.807) is 0 Å². The number of hydrogen-bond acceptors (Lipinski definition) is 3. The summed E-state index contributed by atoms with van der Waals surface area (Å²) in [5, 5.41) is 3.10. The van der Waals surface area contributed by atoms with Crippen molar-refractivity contribution >= 4 is 5.91 Å². The Bertz CT molecular complexity index is 229. The van der Waals surface area contributed by atoms with E-state index >= 15 is 0 Å². The first-order chi connectivity index (χ1) is 7.79. The molecule has 102 valence electrons. The van der Waals surface area contributed by atoms with E-state index in [-0.39, 0.29) is 24.0 Å². The zero-order valence-electron chi connectivity index (χ0n) is 12.2. The molecule has 0 aliphatic heterocycles. The molecule has 0 rings (SSSR count). The van der Waals surface area contributed by atoms with Crippen molar-refractivity contribution in [3.8, 4) is 0 Å². The number of carbonyl (C=O) groups excluding carboxylic acids is 1. The zero-order valence-corrected chi connectivity index (χ0v) is 12.2. The first-order valence-corrected chi connectivity index (χ1v) is 6.49. The lowest BCUT2D eigenvalue weighted by Crippen LogP contribution is -2.48. The first-order valence-electron chi connectivity index (χ1n) is 6.49. The molecule has 3 N–H and O–H groups in total. The van der Waals surface area contributed by atoms with Crippen molar-refractivity contribution in [3.05, 3.63) is 0 Å². The van der Waals surface area contributed by atoms with Crippen LogP contribution in [-0.2, 0) is 4.79 Å². The van der Waals surface area contributed by atoms with E-state index in [1.807, 2.05) is 32.8 Å². The van der Waals surface area contributed by atoms with Gasteiger partial charge >= 0.3 is 0 Å². The van der Waals surface area contributed by atoms with E-state index in [1.165, 1.54) is 0 Å². The van der Waals surface area contributed by atoms with E-state index in [9.17, 15) is 4.79 Å². The van der Waals surface area contributed by atoms with Crippen molar-refractivity contribution in [1.82, 2.24) is 10.2 Å². The molecule has 0 saturated carbocycles. The monoisotopic (exact) mass is 243 g/mol. The molecule has 4 heteroatoms. The molecule has 0 fully saturated rings. The average Bonchev–Trinajstić information content (AvgIpc) is 2.22. The maximum Gasteiger partial charge on any atom is 0.239 e. The third-order valence-electron chi connectivity index (χ3n) is 3.08. The Morgan fingerprint density at radius 3 is 2.12 bits per heavy atom. The van der Waals surface area contributed by atoms with Crippen LogP contribution in [0.4, 0.5) is 0 Å². The summed E-state index contributed by atoms with van der Waals surface area (Å²) in [4.78, 5) is 14.1. The summed E-state index contributed by atoms with van der Waals surface area (Å²) in [6.07, 6.45) is 1.70. The second-order valence-corrected chi connectivity index (χ2v) is 5.48. The quantitative estimate of drug-likeness (QED) is 0.706. The van der Waals surface area contributed by atoms with E-state index in [4.69, 9.17) is 5.73 Å². The third-order valence-corrected chi connectivity index (χ3v) is 3.08. The molecule has 0 aromatic rings. The molecular weight excluding hydrogens is 214 g/mol. The Labute approximate surface area is 106 Å². The van der Waals surface area contributed by atoms with E-state index in [0.717, 1.165) is 12.8 Å². The Kier molecular flexibility index (Phi) is 7.39. The molecule has 0 aliphatic rings. The minimum Gasteiger partial charge on any atom is -0.342 e. The SMILES string of the molecule is CN[C@@H](CC(C)C)C(=O)N(C)[C@H](C)CC(C)N. The van der Waals surface area contributed by atoms with Crippen LogP contribution in [0.25, 0.3) is 0 Å². The molecule has 0 radical (unpaired) electrons. The zero-order chi connectivity index (χ0) is 13.6. The van der Waals surface area contributed by atoms with Gasteiger partial charge in [-0.05, 0) is 39.7 Å². The van der Waals surface area contributed by atoms with Gasteiger partial charge in [-0.25, -0.2) is 0 Å². The standard InChI is InChI=1S/C13H29N3O/c1-9(2)7-12(15-5)13(17)16(6)11(4)8-10(3)14/h9-12,15H,7-8,14H2,1-6H3/t10?,11-,12+/m1/s1. The molecular formula is C13H29N3O. The molecule has 0 bridgehead atoms. The van der Waals surface area contributed by atoms with Gasteiger partial charge in [0.05, 0.1) is 6.04 Å². The normalized spacial score (nSPS) is 16.7. The van der Waals surface area contributed by atoms with Gasteiger partial charge in [0, 0.05) is 19.1 Å². The first kappa shape index (κ1) is 16.4. The molecule has 0 aromatic carbocycles. The van der Waals surface area contributed by atoms with Gasteiger partial charge in [-0.1, -0.05) is 13.8 Å². The second-order valence-electron chi connectivity index (χ2n) is 5.48. The summed E-state index contributed by atoms with van der Waals surface area (Å²) in [5.74, 6) is 0.669. The van der Waals surface area contributed by atoms with Crippen molar-refractivity contribution in [1.29, 1.82) is 0 Å². The van der Waals surface area contributed by atoms with Gasteiger partial charge in [0.25, 0.3) is 0 Å². The molecule has 0 saturated heterocycles. The Morgan fingerprint density at radius 2 is 1.76 bits per heavy atom. The third kappa shape index (κ3) is 6.03. The van der Waals surface area contributed by atoms with Crippen molar-refractivity contribution in [3.63, 3.8) is 0 Å². The molecule has 0 aromatic heterocycles. The Hall–Kier alpha value is -0.610. The molecule has 4 nitrogen and oxygen atoms in total. The molecule has 0 spiro atoms. The number of carbonyl (C=O) groups is 1. The van der Waals surface area contributed by atoms with Crippen LogP contribution >= 0.6 is 0 Å². The van der Waals surface area contributed by atoms with Gasteiger partial charge in [0.2, 0.25) is 5.91 Å². The van der Waals surface area contributed by atoms with Crippen LogP contribution in [0.5, 0.6) is 0 Å². The number of nitrogens with two attached hydrogens (primary N) is 1. The topological polar surface area (TPSA) is 58.4 Å². The maximum atomic E-state index is 12.3. The lowest BCUT2D eigenvalue weighted by molar-refractivity contribution is -0.134. The fourth-order valence-corrected chi connectivity index (χ4v) is 1.97. The summed E-state index contributed by atoms with van der Waals surface area (Å²) < 4.78 is 0. The van der Waals surface area contributed by atoms with Crippen LogP contribution in [0.3, 0.4) is 0 Å². The number of amides is 1. The lowest BCUT2D eigenvalue weighted by atomic mass is 10.0. The predicted octanol–water partition coefficient (Wildman–Crippen LogP) is 1.20. The maximum absolute atomic E-state index is 12.3. The summed E-state index contributed by atoms with van der Waals surface area (Å²) in [6.45, 7) is 8.27. The molecule has 0 aliphatic carbocycles. The number of rotatable bonds is 7. The predicted molar refractivity (Wildman–Crippen MR) is 72.8 cm³/mol. The van der Waals surface area contributed by atoms with Crippen LogP contribution < -0.4 is 11.1 Å². The Morgan fingerprint density at radius 1 is 1.24 bits per heavy atom. The minimum absolute atomic E-state index is 0.0875.